The summed E-state index contributed by atoms with van der Waals surface area (Å²) >= 11 is 0. The fourth-order valence-corrected chi connectivity index (χ4v) is 1.25. The topological polar surface area (TPSA) is 55.6 Å². The Morgan fingerprint density at radius 3 is 2.80 bits per heavy atom. The molecule has 1 N–H and O–H groups in total. The van der Waals surface area contributed by atoms with E-state index in [1.807, 2.05) is 16.8 Å². The van der Waals surface area contributed by atoms with Crippen molar-refractivity contribution in [1.82, 2.24) is 24.8 Å². The summed E-state index contributed by atoms with van der Waals surface area (Å²) in [7, 11) is 0. The van der Waals surface area contributed by atoms with E-state index in [4.69, 9.17) is 0 Å². The van der Waals surface area contributed by atoms with Gasteiger partial charge in [0.2, 0.25) is 0 Å². The van der Waals surface area contributed by atoms with Gasteiger partial charge in [0, 0.05) is 37.9 Å². The van der Waals surface area contributed by atoms with Gasteiger partial charge in [-0.2, -0.15) is 0 Å². The van der Waals surface area contributed by atoms with Crippen LogP contribution < -0.4 is 5.32 Å². The molecule has 0 atom stereocenters. The summed E-state index contributed by atoms with van der Waals surface area (Å²) in [6.07, 6.45) is 9.03. The van der Waals surface area contributed by atoms with Crippen molar-refractivity contribution < 1.29 is 0 Å². The van der Waals surface area contributed by atoms with Crippen LogP contribution in [0.1, 0.15) is 5.82 Å². The minimum atomic E-state index is 0.704. The number of hydrogen-bond acceptors (Lipinski definition) is 4. The lowest BCUT2D eigenvalue weighted by Crippen LogP contribution is -2.20. The van der Waals surface area contributed by atoms with Gasteiger partial charge >= 0.3 is 0 Å². The fraction of sp³-hybridized carbons (Fsp3) is 0.300. The zero-order chi connectivity index (χ0) is 10.3. The van der Waals surface area contributed by atoms with Crippen molar-refractivity contribution in [3.63, 3.8) is 0 Å². The first-order valence-electron chi connectivity index (χ1n) is 4.87. The Hall–Kier alpha value is -1.75. The molecule has 0 aliphatic rings. The lowest BCUT2D eigenvalue weighted by Gasteiger charge is -2.03. The molecule has 0 saturated heterocycles. The molecule has 0 unspecified atom stereocenters. The van der Waals surface area contributed by atoms with Crippen molar-refractivity contribution in [3.05, 3.63) is 43.0 Å². The third-order valence-electron chi connectivity index (χ3n) is 2.01. The number of aromatic nitrogens is 4. The minimum absolute atomic E-state index is 0.704. The van der Waals surface area contributed by atoms with E-state index in [0.29, 0.717) is 6.54 Å². The van der Waals surface area contributed by atoms with Crippen molar-refractivity contribution in [3.8, 4) is 0 Å². The molecular weight excluding hydrogens is 190 g/mol. The molecule has 0 aliphatic carbocycles. The van der Waals surface area contributed by atoms with E-state index in [2.05, 4.69) is 20.3 Å². The van der Waals surface area contributed by atoms with Crippen LogP contribution in [0.15, 0.2) is 37.2 Å². The molecule has 15 heavy (non-hydrogen) atoms. The Balaban J connectivity index is 1.68. The Morgan fingerprint density at radius 2 is 2.07 bits per heavy atom. The van der Waals surface area contributed by atoms with Crippen LogP contribution in [-0.4, -0.2) is 26.1 Å². The molecule has 0 aromatic carbocycles. The maximum Gasteiger partial charge on any atom is 0.141 e. The summed E-state index contributed by atoms with van der Waals surface area (Å²) < 4.78 is 2.03. The van der Waals surface area contributed by atoms with Gasteiger partial charge < -0.3 is 9.88 Å². The summed E-state index contributed by atoms with van der Waals surface area (Å²) in [6.45, 7) is 2.50. The van der Waals surface area contributed by atoms with E-state index in [0.717, 1.165) is 18.9 Å². The maximum atomic E-state index is 4.12. The summed E-state index contributed by atoms with van der Waals surface area (Å²) in [6, 6.07) is 1.81. The van der Waals surface area contributed by atoms with Gasteiger partial charge in [-0.15, -0.1) is 0 Å². The predicted molar refractivity (Wildman–Crippen MR) is 56.0 cm³/mol. The van der Waals surface area contributed by atoms with Crippen molar-refractivity contribution in [2.45, 2.75) is 13.1 Å². The molecule has 0 amide bonds. The molecule has 2 aromatic heterocycles. The number of imidazole rings is 1. The number of hydrogen-bond donors (Lipinski definition) is 1. The van der Waals surface area contributed by atoms with Gasteiger partial charge in [0.1, 0.15) is 5.82 Å². The maximum absolute atomic E-state index is 4.12. The SMILES string of the molecule is c1cnc(CNCCn2ccnc2)nc1. The Labute approximate surface area is 88.2 Å². The zero-order valence-corrected chi connectivity index (χ0v) is 8.37. The summed E-state index contributed by atoms with van der Waals surface area (Å²) in [5, 5.41) is 3.27. The molecular formula is C10H13N5. The van der Waals surface area contributed by atoms with Crippen molar-refractivity contribution in [1.29, 1.82) is 0 Å². The van der Waals surface area contributed by atoms with Crippen molar-refractivity contribution in [2.24, 2.45) is 0 Å². The van der Waals surface area contributed by atoms with E-state index in [1.54, 1.807) is 24.9 Å². The molecule has 0 fully saturated rings. The molecule has 5 nitrogen and oxygen atoms in total. The van der Waals surface area contributed by atoms with Crippen molar-refractivity contribution >= 4 is 0 Å². The van der Waals surface area contributed by atoms with Crippen LogP contribution in [0.2, 0.25) is 0 Å². The first kappa shape index (κ1) is 9.79. The predicted octanol–water partition coefficient (Wildman–Crippen LogP) is 0.463. The standard InChI is InChI=1S/C10H13N5/c1-2-13-10(14-3-1)8-11-4-6-15-7-5-12-9-15/h1-3,5,7,9,11H,4,6,8H2. The molecule has 2 rings (SSSR count). The van der Waals surface area contributed by atoms with Crippen molar-refractivity contribution in [2.75, 3.05) is 6.54 Å². The van der Waals surface area contributed by atoms with E-state index < -0.39 is 0 Å². The highest BCUT2D eigenvalue weighted by molar-refractivity contribution is 4.87. The van der Waals surface area contributed by atoms with Crippen LogP contribution in [0.5, 0.6) is 0 Å². The minimum Gasteiger partial charge on any atom is -0.336 e. The second-order valence-electron chi connectivity index (χ2n) is 3.14. The highest BCUT2D eigenvalue weighted by Gasteiger charge is 1.93. The average Bonchev–Trinajstić information content (AvgIpc) is 2.79. The van der Waals surface area contributed by atoms with Crippen LogP contribution in [-0.2, 0) is 13.1 Å². The monoisotopic (exact) mass is 203 g/mol. The van der Waals surface area contributed by atoms with Gasteiger partial charge in [0.05, 0.1) is 12.9 Å². The Morgan fingerprint density at radius 1 is 1.20 bits per heavy atom. The lowest BCUT2D eigenvalue weighted by molar-refractivity contribution is 0.585. The number of nitrogens with one attached hydrogen (secondary N) is 1. The van der Waals surface area contributed by atoms with E-state index in [1.165, 1.54) is 0 Å². The quantitative estimate of drug-likeness (QED) is 0.717. The number of rotatable bonds is 5. The van der Waals surface area contributed by atoms with Gasteiger partial charge in [0.25, 0.3) is 0 Å². The molecule has 2 aromatic rings. The second kappa shape index (κ2) is 5.21. The van der Waals surface area contributed by atoms with Gasteiger partial charge in [-0.1, -0.05) is 0 Å². The fourth-order valence-electron chi connectivity index (χ4n) is 1.25. The first-order chi connectivity index (χ1) is 7.45. The van der Waals surface area contributed by atoms with E-state index in [9.17, 15) is 0 Å². The van der Waals surface area contributed by atoms with Crippen LogP contribution >= 0.6 is 0 Å². The largest absolute Gasteiger partial charge is 0.336 e. The highest BCUT2D eigenvalue weighted by Crippen LogP contribution is 1.87. The molecule has 2 heterocycles. The smallest absolute Gasteiger partial charge is 0.141 e. The first-order valence-corrected chi connectivity index (χ1v) is 4.87. The normalized spacial score (nSPS) is 10.4. The van der Waals surface area contributed by atoms with Crippen LogP contribution in [0.25, 0.3) is 0 Å². The molecule has 0 bridgehead atoms. The molecule has 0 spiro atoms. The molecule has 0 radical (unpaired) electrons. The number of nitrogens with zero attached hydrogens (tertiary/aromatic N) is 4. The molecule has 0 saturated carbocycles. The third kappa shape index (κ3) is 3.14. The van der Waals surface area contributed by atoms with Gasteiger partial charge in [0.15, 0.2) is 0 Å². The molecule has 0 aliphatic heterocycles. The van der Waals surface area contributed by atoms with Crippen LogP contribution in [0.4, 0.5) is 0 Å². The second-order valence-corrected chi connectivity index (χ2v) is 3.14. The highest BCUT2D eigenvalue weighted by atomic mass is 15.0. The summed E-state index contributed by atoms with van der Waals surface area (Å²) in [4.78, 5) is 12.2. The van der Waals surface area contributed by atoms with E-state index >= 15 is 0 Å². The van der Waals surface area contributed by atoms with Gasteiger partial charge in [-0.25, -0.2) is 15.0 Å². The average molecular weight is 203 g/mol. The third-order valence-corrected chi connectivity index (χ3v) is 2.01. The van der Waals surface area contributed by atoms with E-state index in [-0.39, 0.29) is 0 Å². The zero-order valence-electron chi connectivity index (χ0n) is 8.37. The summed E-state index contributed by atoms with van der Waals surface area (Å²) in [5.74, 6) is 0.822. The molecule has 78 valence electrons. The van der Waals surface area contributed by atoms with Gasteiger partial charge in [-0.05, 0) is 6.07 Å². The van der Waals surface area contributed by atoms with Crippen LogP contribution in [0, 0.1) is 0 Å². The summed E-state index contributed by atoms with van der Waals surface area (Å²) in [5.41, 5.74) is 0. The lowest BCUT2D eigenvalue weighted by atomic mass is 10.5. The Kier molecular flexibility index (Phi) is 3.40. The van der Waals surface area contributed by atoms with Gasteiger partial charge in [-0.3, -0.25) is 0 Å². The Bertz CT molecular complexity index is 370. The van der Waals surface area contributed by atoms with Crippen LogP contribution in [0.3, 0.4) is 0 Å². The molecule has 5 heteroatoms.